The van der Waals surface area contributed by atoms with Gasteiger partial charge >= 0.3 is 0 Å². The van der Waals surface area contributed by atoms with Gasteiger partial charge in [-0.2, -0.15) is 0 Å². The van der Waals surface area contributed by atoms with Crippen LogP contribution in [0, 0.1) is 0 Å². The first-order valence-electron chi connectivity index (χ1n) is 3.53. The molecule has 0 radical (unpaired) electrons. The summed E-state index contributed by atoms with van der Waals surface area (Å²) in [6.07, 6.45) is 2.76. The number of amides is 1. The predicted molar refractivity (Wildman–Crippen MR) is 39.8 cm³/mol. The topological polar surface area (TPSA) is 38.3 Å². The van der Waals surface area contributed by atoms with Gasteiger partial charge in [0.05, 0.1) is 12.6 Å². The van der Waals surface area contributed by atoms with Crippen molar-refractivity contribution in [1.82, 2.24) is 5.32 Å². The maximum Gasteiger partial charge on any atom is 0.207 e. The zero-order valence-corrected chi connectivity index (χ0v) is 6.59. The number of carbonyl (C=O) groups excluding carboxylic acids is 1. The second-order valence-corrected chi connectivity index (χ2v) is 2.23. The molecule has 0 heterocycles. The van der Waals surface area contributed by atoms with Crippen LogP contribution in [0.4, 0.5) is 0 Å². The second-order valence-electron chi connectivity index (χ2n) is 2.23. The summed E-state index contributed by atoms with van der Waals surface area (Å²) in [5.41, 5.74) is 0. The lowest BCUT2D eigenvalue weighted by molar-refractivity contribution is -0.110. The first-order chi connectivity index (χ1) is 4.85. The van der Waals surface area contributed by atoms with E-state index in [0.29, 0.717) is 6.61 Å². The SMILES string of the molecule is CCCC(COC)NC=O. The average Bonchev–Trinajstić information content (AvgIpc) is 1.90. The maximum atomic E-state index is 10.00. The van der Waals surface area contributed by atoms with Crippen molar-refractivity contribution in [2.75, 3.05) is 13.7 Å². The smallest absolute Gasteiger partial charge is 0.207 e. The van der Waals surface area contributed by atoms with Crippen LogP contribution in [0.5, 0.6) is 0 Å². The fraction of sp³-hybridized carbons (Fsp3) is 0.857. The number of carbonyl (C=O) groups is 1. The molecule has 0 aliphatic carbocycles. The van der Waals surface area contributed by atoms with Gasteiger partial charge < -0.3 is 10.1 Å². The fourth-order valence-corrected chi connectivity index (χ4v) is 0.861. The summed E-state index contributed by atoms with van der Waals surface area (Å²) in [5.74, 6) is 0. The lowest BCUT2D eigenvalue weighted by atomic mass is 10.2. The summed E-state index contributed by atoms with van der Waals surface area (Å²) in [6.45, 7) is 2.68. The molecule has 10 heavy (non-hydrogen) atoms. The molecular formula is C7H15NO2. The van der Waals surface area contributed by atoms with E-state index in [1.54, 1.807) is 7.11 Å². The van der Waals surface area contributed by atoms with Crippen molar-refractivity contribution in [2.24, 2.45) is 0 Å². The molecule has 1 N–H and O–H groups in total. The van der Waals surface area contributed by atoms with E-state index < -0.39 is 0 Å². The summed E-state index contributed by atoms with van der Waals surface area (Å²) in [7, 11) is 1.63. The summed E-state index contributed by atoms with van der Waals surface area (Å²) in [5, 5.41) is 2.68. The summed E-state index contributed by atoms with van der Waals surface area (Å²) < 4.78 is 4.89. The molecule has 0 aromatic carbocycles. The van der Waals surface area contributed by atoms with Gasteiger partial charge in [0.2, 0.25) is 6.41 Å². The molecule has 1 atom stereocenters. The second kappa shape index (κ2) is 6.55. The van der Waals surface area contributed by atoms with E-state index in [9.17, 15) is 4.79 Å². The van der Waals surface area contributed by atoms with Gasteiger partial charge in [-0.25, -0.2) is 0 Å². The molecule has 0 bridgehead atoms. The number of rotatable bonds is 6. The van der Waals surface area contributed by atoms with Crippen LogP contribution in [0.15, 0.2) is 0 Å². The quantitative estimate of drug-likeness (QED) is 0.554. The van der Waals surface area contributed by atoms with E-state index in [1.165, 1.54) is 0 Å². The minimum Gasteiger partial charge on any atom is -0.383 e. The minimum absolute atomic E-state index is 0.187. The molecule has 0 saturated carbocycles. The van der Waals surface area contributed by atoms with Crippen molar-refractivity contribution in [1.29, 1.82) is 0 Å². The number of hydrogen-bond donors (Lipinski definition) is 1. The molecule has 0 fully saturated rings. The van der Waals surface area contributed by atoms with Crippen LogP contribution in [0.2, 0.25) is 0 Å². The summed E-state index contributed by atoms with van der Waals surface area (Å²) >= 11 is 0. The van der Waals surface area contributed by atoms with Gasteiger partial charge in [-0.3, -0.25) is 4.79 Å². The van der Waals surface area contributed by atoms with Crippen molar-refractivity contribution < 1.29 is 9.53 Å². The van der Waals surface area contributed by atoms with E-state index in [1.807, 2.05) is 0 Å². The summed E-state index contributed by atoms with van der Waals surface area (Å²) in [4.78, 5) is 10.00. The zero-order chi connectivity index (χ0) is 7.82. The molecule has 0 aliphatic rings. The first kappa shape index (κ1) is 9.43. The number of methoxy groups -OCH3 is 1. The standard InChI is InChI=1S/C7H15NO2/c1-3-4-7(5-10-2)8-6-9/h6-7H,3-5H2,1-2H3,(H,8,9). The van der Waals surface area contributed by atoms with Crippen molar-refractivity contribution in [3.05, 3.63) is 0 Å². The Hall–Kier alpha value is -0.570. The van der Waals surface area contributed by atoms with Crippen LogP contribution < -0.4 is 5.32 Å². The molecule has 1 amide bonds. The van der Waals surface area contributed by atoms with Gasteiger partial charge in [-0.1, -0.05) is 13.3 Å². The number of ether oxygens (including phenoxy) is 1. The molecule has 0 aliphatic heterocycles. The van der Waals surface area contributed by atoms with Gasteiger partial charge in [0.15, 0.2) is 0 Å². The lowest BCUT2D eigenvalue weighted by Crippen LogP contribution is -2.31. The Labute approximate surface area is 61.8 Å². The van der Waals surface area contributed by atoms with Gasteiger partial charge in [-0.15, -0.1) is 0 Å². The van der Waals surface area contributed by atoms with Gasteiger partial charge in [0.25, 0.3) is 0 Å². The van der Waals surface area contributed by atoms with Crippen molar-refractivity contribution in [3.63, 3.8) is 0 Å². The highest BCUT2D eigenvalue weighted by Gasteiger charge is 2.03. The van der Waals surface area contributed by atoms with Crippen molar-refractivity contribution >= 4 is 6.41 Å². The van der Waals surface area contributed by atoms with Crippen LogP contribution in [-0.4, -0.2) is 26.2 Å². The highest BCUT2D eigenvalue weighted by molar-refractivity contribution is 5.46. The predicted octanol–water partition coefficient (Wildman–Crippen LogP) is 0.547. The third-order valence-electron chi connectivity index (χ3n) is 1.31. The highest BCUT2D eigenvalue weighted by Crippen LogP contribution is 1.94. The van der Waals surface area contributed by atoms with Crippen LogP contribution in [0.1, 0.15) is 19.8 Å². The lowest BCUT2D eigenvalue weighted by Gasteiger charge is -2.12. The molecule has 0 spiro atoms. The fourth-order valence-electron chi connectivity index (χ4n) is 0.861. The summed E-state index contributed by atoms with van der Waals surface area (Å²) in [6, 6.07) is 0.187. The Morgan fingerprint density at radius 1 is 1.70 bits per heavy atom. The van der Waals surface area contributed by atoms with E-state index in [2.05, 4.69) is 12.2 Å². The van der Waals surface area contributed by atoms with Crippen molar-refractivity contribution in [2.45, 2.75) is 25.8 Å². The third kappa shape index (κ3) is 4.32. The van der Waals surface area contributed by atoms with E-state index in [0.717, 1.165) is 19.3 Å². The van der Waals surface area contributed by atoms with E-state index >= 15 is 0 Å². The van der Waals surface area contributed by atoms with E-state index in [4.69, 9.17) is 4.74 Å². The maximum absolute atomic E-state index is 10.00. The Kier molecular flexibility index (Phi) is 6.18. The molecule has 1 unspecified atom stereocenters. The van der Waals surface area contributed by atoms with Crippen LogP contribution in [0.25, 0.3) is 0 Å². The zero-order valence-electron chi connectivity index (χ0n) is 6.59. The van der Waals surface area contributed by atoms with Gasteiger partial charge in [-0.05, 0) is 6.42 Å². The molecule has 0 saturated heterocycles. The molecule has 0 aromatic rings. The van der Waals surface area contributed by atoms with Gasteiger partial charge in [0.1, 0.15) is 0 Å². The molecule has 0 rings (SSSR count). The largest absolute Gasteiger partial charge is 0.383 e. The Morgan fingerprint density at radius 2 is 2.40 bits per heavy atom. The van der Waals surface area contributed by atoms with Gasteiger partial charge in [0, 0.05) is 7.11 Å². The normalized spacial score (nSPS) is 12.6. The number of hydrogen-bond acceptors (Lipinski definition) is 2. The first-order valence-corrected chi connectivity index (χ1v) is 3.53. The third-order valence-corrected chi connectivity index (χ3v) is 1.31. The Morgan fingerprint density at radius 3 is 2.80 bits per heavy atom. The molecule has 3 nitrogen and oxygen atoms in total. The molecular weight excluding hydrogens is 130 g/mol. The average molecular weight is 145 g/mol. The van der Waals surface area contributed by atoms with E-state index in [-0.39, 0.29) is 6.04 Å². The van der Waals surface area contributed by atoms with Crippen molar-refractivity contribution in [3.8, 4) is 0 Å². The number of nitrogens with one attached hydrogen (secondary N) is 1. The highest BCUT2D eigenvalue weighted by atomic mass is 16.5. The minimum atomic E-state index is 0.187. The molecule has 3 heteroatoms. The van der Waals surface area contributed by atoms with Crippen LogP contribution in [0.3, 0.4) is 0 Å². The Bertz CT molecular complexity index is 79.7. The molecule has 60 valence electrons. The van der Waals surface area contributed by atoms with Crippen LogP contribution >= 0.6 is 0 Å². The van der Waals surface area contributed by atoms with Crippen LogP contribution in [-0.2, 0) is 9.53 Å². The Balaban J connectivity index is 3.38. The molecule has 0 aromatic heterocycles. The monoisotopic (exact) mass is 145 g/mol.